The number of halogens is 1. The summed E-state index contributed by atoms with van der Waals surface area (Å²) in [7, 11) is -7.13. The number of benzene rings is 2. The molecule has 0 saturated carbocycles. The van der Waals surface area contributed by atoms with Crippen molar-refractivity contribution >= 4 is 43.0 Å². The molecule has 0 aromatic heterocycles. The minimum atomic E-state index is -3.80. The zero-order valence-electron chi connectivity index (χ0n) is 14.4. The Kier molecular flexibility index (Phi) is 4.94. The number of rotatable bonds is 4. The standard InChI is InChI=1S/C17H19ClN2O4S2/c1-12-4-7-17(13(2)10-12)26(23,24)19-16-6-5-14(11-15(16)18)20-8-3-9-25(20,21)22/h4-7,10-11,19H,3,8-9H2,1-2H3. The lowest BCUT2D eigenvalue weighted by Crippen LogP contribution is -2.25. The van der Waals surface area contributed by atoms with Gasteiger partial charge in [-0.3, -0.25) is 9.03 Å². The molecule has 1 N–H and O–H groups in total. The van der Waals surface area contributed by atoms with Gasteiger partial charge in [0.25, 0.3) is 10.0 Å². The van der Waals surface area contributed by atoms with Crippen molar-refractivity contribution in [3.8, 4) is 0 Å². The van der Waals surface area contributed by atoms with Crippen LogP contribution in [-0.4, -0.2) is 29.1 Å². The van der Waals surface area contributed by atoms with E-state index in [1.807, 2.05) is 6.92 Å². The van der Waals surface area contributed by atoms with Crippen molar-refractivity contribution < 1.29 is 16.8 Å². The molecule has 9 heteroatoms. The van der Waals surface area contributed by atoms with Crippen LogP contribution in [-0.2, 0) is 20.0 Å². The maximum Gasteiger partial charge on any atom is 0.262 e. The van der Waals surface area contributed by atoms with Gasteiger partial charge in [0.05, 0.1) is 27.0 Å². The van der Waals surface area contributed by atoms with Crippen LogP contribution in [0.25, 0.3) is 0 Å². The first kappa shape index (κ1) is 19.0. The van der Waals surface area contributed by atoms with Crippen molar-refractivity contribution in [3.63, 3.8) is 0 Å². The fourth-order valence-corrected chi connectivity index (χ4v) is 6.11. The molecule has 0 atom stereocenters. The van der Waals surface area contributed by atoms with Gasteiger partial charge in [0.15, 0.2) is 0 Å². The monoisotopic (exact) mass is 414 g/mol. The Morgan fingerprint density at radius 1 is 1.12 bits per heavy atom. The average Bonchev–Trinajstić information content (AvgIpc) is 2.88. The number of aryl methyl sites for hydroxylation is 2. The van der Waals surface area contributed by atoms with Crippen LogP contribution in [0.3, 0.4) is 0 Å². The summed E-state index contributed by atoms with van der Waals surface area (Å²) in [6.07, 6.45) is 0.557. The van der Waals surface area contributed by atoms with Crippen LogP contribution in [0.4, 0.5) is 11.4 Å². The van der Waals surface area contributed by atoms with E-state index in [2.05, 4.69) is 4.72 Å². The number of hydrogen-bond acceptors (Lipinski definition) is 4. The second-order valence-electron chi connectivity index (χ2n) is 6.28. The van der Waals surface area contributed by atoms with Crippen molar-refractivity contribution in [3.05, 3.63) is 52.5 Å². The quantitative estimate of drug-likeness (QED) is 0.831. The molecular weight excluding hydrogens is 396 g/mol. The highest BCUT2D eigenvalue weighted by Crippen LogP contribution is 2.32. The average molecular weight is 415 g/mol. The number of hydrogen-bond donors (Lipinski definition) is 1. The third-order valence-corrected chi connectivity index (χ3v) is 7.91. The van der Waals surface area contributed by atoms with E-state index in [-0.39, 0.29) is 21.4 Å². The van der Waals surface area contributed by atoms with Gasteiger partial charge in [-0.05, 0) is 50.1 Å². The number of nitrogens with zero attached hydrogens (tertiary/aromatic N) is 1. The normalized spacial score (nSPS) is 16.7. The Hall–Kier alpha value is -1.77. The van der Waals surface area contributed by atoms with Gasteiger partial charge >= 0.3 is 0 Å². The lowest BCUT2D eigenvalue weighted by atomic mass is 10.2. The summed E-state index contributed by atoms with van der Waals surface area (Å²) in [6.45, 7) is 4.01. The van der Waals surface area contributed by atoms with Crippen molar-refractivity contribution in [1.29, 1.82) is 0 Å². The third kappa shape index (κ3) is 3.67. The van der Waals surface area contributed by atoms with E-state index in [0.717, 1.165) is 5.56 Å². The zero-order valence-corrected chi connectivity index (χ0v) is 16.7. The van der Waals surface area contributed by atoms with Gasteiger partial charge in [-0.15, -0.1) is 0 Å². The summed E-state index contributed by atoms with van der Waals surface area (Å²) in [5, 5.41) is 0.137. The van der Waals surface area contributed by atoms with Gasteiger partial charge in [-0.1, -0.05) is 29.3 Å². The molecule has 140 valence electrons. The number of anilines is 2. The molecule has 26 heavy (non-hydrogen) atoms. The van der Waals surface area contributed by atoms with E-state index in [4.69, 9.17) is 11.6 Å². The van der Waals surface area contributed by atoms with Gasteiger partial charge < -0.3 is 0 Å². The molecule has 1 fully saturated rings. The van der Waals surface area contributed by atoms with Crippen LogP contribution in [0.15, 0.2) is 41.3 Å². The number of sulfonamides is 2. The summed E-state index contributed by atoms with van der Waals surface area (Å²) in [4.78, 5) is 0.172. The lowest BCUT2D eigenvalue weighted by molar-refractivity contribution is 0.598. The van der Waals surface area contributed by atoms with Crippen LogP contribution in [0.5, 0.6) is 0 Å². The second-order valence-corrected chi connectivity index (χ2v) is 10.4. The van der Waals surface area contributed by atoms with Crippen LogP contribution in [0, 0.1) is 13.8 Å². The van der Waals surface area contributed by atoms with Crippen LogP contribution < -0.4 is 9.03 Å². The first-order chi connectivity index (χ1) is 12.1. The predicted octanol–water partition coefficient (Wildman–Crippen LogP) is 3.30. The van der Waals surface area contributed by atoms with Gasteiger partial charge in [0.1, 0.15) is 0 Å². The molecule has 1 heterocycles. The summed E-state index contributed by atoms with van der Waals surface area (Å²) < 4.78 is 53.1. The van der Waals surface area contributed by atoms with Crippen LogP contribution >= 0.6 is 11.6 Å². The van der Waals surface area contributed by atoms with Crippen molar-refractivity contribution in [2.24, 2.45) is 0 Å². The van der Waals surface area contributed by atoms with Crippen molar-refractivity contribution in [1.82, 2.24) is 0 Å². The fraction of sp³-hybridized carbons (Fsp3) is 0.294. The van der Waals surface area contributed by atoms with E-state index in [0.29, 0.717) is 24.2 Å². The van der Waals surface area contributed by atoms with E-state index >= 15 is 0 Å². The molecule has 0 aliphatic carbocycles. The third-order valence-electron chi connectivity index (χ3n) is 4.20. The Labute approximate surface area is 158 Å². The number of nitrogens with one attached hydrogen (secondary N) is 1. The fourth-order valence-electron chi connectivity index (χ4n) is 2.97. The summed E-state index contributed by atoms with van der Waals surface area (Å²) in [5.74, 6) is 0.103. The van der Waals surface area contributed by atoms with E-state index < -0.39 is 20.0 Å². The molecule has 1 aliphatic heterocycles. The molecule has 0 spiro atoms. The molecular formula is C17H19ClN2O4S2. The molecule has 6 nitrogen and oxygen atoms in total. The first-order valence-corrected chi connectivity index (χ1v) is 11.5. The highest BCUT2D eigenvalue weighted by atomic mass is 35.5. The molecule has 2 aromatic rings. The van der Waals surface area contributed by atoms with Gasteiger partial charge in [0.2, 0.25) is 10.0 Å². The van der Waals surface area contributed by atoms with E-state index in [9.17, 15) is 16.8 Å². The zero-order chi connectivity index (χ0) is 19.1. The minimum Gasteiger partial charge on any atom is -0.278 e. The van der Waals surface area contributed by atoms with E-state index in [1.165, 1.54) is 16.4 Å². The largest absolute Gasteiger partial charge is 0.278 e. The highest BCUT2D eigenvalue weighted by molar-refractivity contribution is 7.93. The maximum atomic E-state index is 12.7. The molecule has 0 amide bonds. The summed E-state index contributed by atoms with van der Waals surface area (Å²) >= 11 is 6.21. The van der Waals surface area contributed by atoms with Crippen LogP contribution in [0.2, 0.25) is 5.02 Å². The molecule has 3 rings (SSSR count). The highest BCUT2D eigenvalue weighted by Gasteiger charge is 2.29. The molecule has 0 bridgehead atoms. The molecule has 0 unspecified atom stereocenters. The topological polar surface area (TPSA) is 83.6 Å². The molecule has 1 saturated heterocycles. The Balaban J connectivity index is 1.91. The van der Waals surface area contributed by atoms with Crippen molar-refractivity contribution in [2.75, 3.05) is 21.3 Å². The molecule has 2 aromatic carbocycles. The SMILES string of the molecule is Cc1ccc(S(=O)(=O)Nc2ccc(N3CCCS3(=O)=O)cc2Cl)c(C)c1. The molecule has 1 aliphatic rings. The lowest BCUT2D eigenvalue weighted by Gasteiger charge is -2.18. The van der Waals surface area contributed by atoms with E-state index in [1.54, 1.807) is 31.2 Å². The van der Waals surface area contributed by atoms with Gasteiger partial charge in [-0.2, -0.15) is 0 Å². The minimum absolute atomic E-state index is 0.103. The van der Waals surface area contributed by atoms with Crippen LogP contribution in [0.1, 0.15) is 17.5 Å². The van der Waals surface area contributed by atoms with Crippen molar-refractivity contribution in [2.45, 2.75) is 25.2 Å². The second kappa shape index (κ2) is 6.75. The Morgan fingerprint density at radius 2 is 1.85 bits per heavy atom. The first-order valence-electron chi connectivity index (χ1n) is 8.00. The Morgan fingerprint density at radius 3 is 2.42 bits per heavy atom. The molecule has 0 radical (unpaired) electrons. The van der Waals surface area contributed by atoms with Gasteiger partial charge in [0, 0.05) is 6.54 Å². The maximum absolute atomic E-state index is 12.7. The summed E-state index contributed by atoms with van der Waals surface area (Å²) in [6, 6.07) is 9.56. The smallest absolute Gasteiger partial charge is 0.262 e. The van der Waals surface area contributed by atoms with Gasteiger partial charge in [-0.25, -0.2) is 16.8 Å². The summed E-state index contributed by atoms with van der Waals surface area (Å²) in [5.41, 5.74) is 2.23. The predicted molar refractivity (Wildman–Crippen MR) is 104 cm³/mol. The Bertz CT molecular complexity index is 1070.